The van der Waals surface area contributed by atoms with E-state index in [1.54, 1.807) is 0 Å². The van der Waals surface area contributed by atoms with Gasteiger partial charge in [-0.25, -0.2) is 4.98 Å². The van der Waals surface area contributed by atoms with Gasteiger partial charge in [0.05, 0.1) is 5.52 Å². The largest absolute Gasteiger partial charge is 0.296 e. The maximum Gasteiger partial charge on any atom is 0.134 e. The molecule has 4 rings (SSSR count). The van der Waals surface area contributed by atoms with Crippen LogP contribution in [0.2, 0.25) is 5.15 Å². The SMILES string of the molecule is Clc1nc2ccccc2cc1CN1CCC2CCCCC21. The maximum atomic E-state index is 6.42. The second-order valence-electron chi connectivity index (χ2n) is 6.50. The molecule has 0 amide bonds. The van der Waals surface area contributed by atoms with Crippen LogP contribution in [0.1, 0.15) is 37.7 Å². The van der Waals surface area contributed by atoms with Crippen molar-refractivity contribution in [3.05, 3.63) is 41.0 Å². The summed E-state index contributed by atoms with van der Waals surface area (Å²) in [5.74, 6) is 0.922. The lowest BCUT2D eigenvalue weighted by Crippen LogP contribution is -2.34. The molecule has 110 valence electrons. The Balaban J connectivity index is 1.60. The van der Waals surface area contributed by atoms with Gasteiger partial charge in [-0.1, -0.05) is 42.6 Å². The van der Waals surface area contributed by atoms with E-state index in [9.17, 15) is 0 Å². The fourth-order valence-corrected chi connectivity index (χ4v) is 4.37. The number of rotatable bonds is 2. The summed E-state index contributed by atoms with van der Waals surface area (Å²) < 4.78 is 0. The summed E-state index contributed by atoms with van der Waals surface area (Å²) in [6, 6.07) is 11.2. The summed E-state index contributed by atoms with van der Waals surface area (Å²) in [7, 11) is 0. The highest BCUT2D eigenvalue weighted by molar-refractivity contribution is 6.30. The van der Waals surface area contributed by atoms with Gasteiger partial charge in [0.2, 0.25) is 0 Å². The van der Waals surface area contributed by atoms with Crippen LogP contribution >= 0.6 is 11.6 Å². The number of aromatic nitrogens is 1. The van der Waals surface area contributed by atoms with Gasteiger partial charge in [-0.15, -0.1) is 0 Å². The maximum absolute atomic E-state index is 6.42. The lowest BCUT2D eigenvalue weighted by atomic mass is 9.85. The molecule has 2 fully saturated rings. The van der Waals surface area contributed by atoms with E-state index < -0.39 is 0 Å². The quantitative estimate of drug-likeness (QED) is 0.750. The Morgan fingerprint density at radius 1 is 1.14 bits per heavy atom. The molecule has 0 bridgehead atoms. The van der Waals surface area contributed by atoms with Crippen molar-refractivity contribution in [1.82, 2.24) is 9.88 Å². The lowest BCUT2D eigenvalue weighted by molar-refractivity contribution is 0.176. The van der Waals surface area contributed by atoms with Crippen LogP contribution in [0.25, 0.3) is 10.9 Å². The van der Waals surface area contributed by atoms with E-state index in [4.69, 9.17) is 11.6 Å². The van der Waals surface area contributed by atoms with E-state index in [-0.39, 0.29) is 0 Å². The Labute approximate surface area is 131 Å². The lowest BCUT2D eigenvalue weighted by Gasteiger charge is -2.31. The molecular formula is C18H21ClN2. The van der Waals surface area contributed by atoms with Crippen molar-refractivity contribution in [1.29, 1.82) is 0 Å². The van der Waals surface area contributed by atoms with E-state index in [0.29, 0.717) is 5.15 Å². The first kappa shape index (κ1) is 13.5. The standard InChI is InChI=1S/C18H21ClN2/c19-18-15(11-14-6-1-3-7-16(14)20-18)12-21-10-9-13-5-2-4-8-17(13)21/h1,3,6-7,11,13,17H,2,4-5,8-10,12H2. The minimum Gasteiger partial charge on any atom is -0.296 e. The number of pyridine rings is 1. The van der Waals surface area contributed by atoms with Crippen LogP contribution in [0, 0.1) is 5.92 Å². The van der Waals surface area contributed by atoms with Crippen molar-refractivity contribution < 1.29 is 0 Å². The van der Waals surface area contributed by atoms with E-state index in [1.165, 1.54) is 49.6 Å². The van der Waals surface area contributed by atoms with E-state index in [0.717, 1.165) is 24.0 Å². The Bertz CT molecular complexity index is 655. The van der Waals surface area contributed by atoms with Gasteiger partial charge < -0.3 is 0 Å². The highest BCUT2D eigenvalue weighted by Gasteiger charge is 2.35. The van der Waals surface area contributed by atoms with Gasteiger partial charge in [0, 0.05) is 23.5 Å². The number of fused-ring (bicyclic) bond motifs is 2. The Hall–Kier alpha value is -1.12. The number of halogens is 1. The molecule has 1 aliphatic heterocycles. The Morgan fingerprint density at radius 3 is 2.95 bits per heavy atom. The predicted molar refractivity (Wildman–Crippen MR) is 87.5 cm³/mol. The molecule has 0 radical (unpaired) electrons. The number of hydrogen-bond acceptors (Lipinski definition) is 2. The van der Waals surface area contributed by atoms with Gasteiger partial charge in [-0.05, 0) is 43.9 Å². The Kier molecular flexibility index (Phi) is 3.60. The number of nitrogens with zero attached hydrogens (tertiary/aromatic N) is 2. The first-order valence-electron chi connectivity index (χ1n) is 8.09. The van der Waals surface area contributed by atoms with Gasteiger partial charge in [-0.2, -0.15) is 0 Å². The molecule has 2 aromatic rings. The van der Waals surface area contributed by atoms with Crippen LogP contribution in [0.5, 0.6) is 0 Å². The zero-order valence-electron chi connectivity index (χ0n) is 12.3. The highest BCUT2D eigenvalue weighted by atomic mass is 35.5. The molecular weight excluding hydrogens is 280 g/mol. The number of hydrogen-bond donors (Lipinski definition) is 0. The number of likely N-dealkylation sites (tertiary alicyclic amines) is 1. The van der Waals surface area contributed by atoms with Crippen LogP contribution < -0.4 is 0 Å². The van der Waals surface area contributed by atoms with Crippen LogP contribution in [0.15, 0.2) is 30.3 Å². The van der Waals surface area contributed by atoms with Crippen molar-refractivity contribution >= 4 is 22.5 Å². The molecule has 21 heavy (non-hydrogen) atoms. The molecule has 3 heteroatoms. The van der Waals surface area contributed by atoms with Crippen LogP contribution in [0.4, 0.5) is 0 Å². The minimum absolute atomic E-state index is 0.674. The highest BCUT2D eigenvalue weighted by Crippen LogP contribution is 2.37. The van der Waals surface area contributed by atoms with E-state index in [2.05, 4.69) is 28.1 Å². The predicted octanol–water partition coefficient (Wildman–Crippen LogP) is 4.65. The molecule has 1 saturated carbocycles. The van der Waals surface area contributed by atoms with Gasteiger partial charge in [-0.3, -0.25) is 4.90 Å². The summed E-state index contributed by atoms with van der Waals surface area (Å²) >= 11 is 6.42. The minimum atomic E-state index is 0.674. The first-order valence-corrected chi connectivity index (χ1v) is 8.47. The molecule has 0 N–H and O–H groups in total. The molecule has 1 aromatic carbocycles. The van der Waals surface area contributed by atoms with Gasteiger partial charge in [0.25, 0.3) is 0 Å². The zero-order chi connectivity index (χ0) is 14.2. The molecule has 1 aliphatic carbocycles. The molecule has 2 unspecified atom stereocenters. The van der Waals surface area contributed by atoms with Crippen LogP contribution in [-0.2, 0) is 6.54 Å². The smallest absolute Gasteiger partial charge is 0.134 e. The van der Waals surface area contributed by atoms with Crippen molar-refractivity contribution in [2.24, 2.45) is 5.92 Å². The molecule has 2 atom stereocenters. The Morgan fingerprint density at radius 2 is 2.00 bits per heavy atom. The van der Waals surface area contributed by atoms with Crippen molar-refractivity contribution in [3.63, 3.8) is 0 Å². The van der Waals surface area contributed by atoms with Gasteiger partial charge in [0.15, 0.2) is 0 Å². The fourth-order valence-electron chi connectivity index (χ4n) is 4.17. The molecule has 1 saturated heterocycles. The van der Waals surface area contributed by atoms with Crippen molar-refractivity contribution in [2.75, 3.05) is 6.54 Å². The normalized spacial score (nSPS) is 26.1. The zero-order valence-corrected chi connectivity index (χ0v) is 13.0. The second-order valence-corrected chi connectivity index (χ2v) is 6.86. The molecule has 2 heterocycles. The second kappa shape index (κ2) is 5.58. The summed E-state index contributed by atoms with van der Waals surface area (Å²) in [4.78, 5) is 7.20. The average molecular weight is 301 g/mol. The van der Waals surface area contributed by atoms with Crippen molar-refractivity contribution in [2.45, 2.75) is 44.7 Å². The first-order chi connectivity index (χ1) is 10.3. The molecule has 2 aliphatic rings. The van der Waals surface area contributed by atoms with Gasteiger partial charge in [0.1, 0.15) is 5.15 Å². The monoisotopic (exact) mass is 300 g/mol. The number of para-hydroxylation sites is 1. The third-order valence-electron chi connectivity index (χ3n) is 5.25. The average Bonchev–Trinajstić information content (AvgIpc) is 2.91. The summed E-state index contributed by atoms with van der Waals surface area (Å²) in [5, 5.41) is 1.87. The van der Waals surface area contributed by atoms with E-state index in [1.807, 2.05) is 12.1 Å². The molecule has 1 aromatic heterocycles. The summed E-state index contributed by atoms with van der Waals surface area (Å²) in [6.07, 6.45) is 6.96. The third-order valence-corrected chi connectivity index (χ3v) is 5.58. The van der Waals surface area contributed by atoms with E-state index >= 15 is 0 Å². The van der Waals surface area contributed by atoms with Crippen LogP contribution in [-0.4, -0.2) is 22.5 Å². The fraction of sp³-hybridized carbons (Fsp3) is 0.500. The third kappa shape index (κ3) is 2.56. The van der Waals surface area contributed by atoms with Crippen molar-refractivity contribution in [3.8, 4) is 0 Å². The summed E-state index contributed by atoms with van der Waals surface area (Å²) in [5.41, 5.74) is 2.17. The summed E-state index contributed by atoms with van der Waals surface area (Å²) in [6.45, 7) is 2.18. The van der Waals surface area contributed by atoms with Gasteiger partial charge >= 0.3 is 0 Å². The van der Waals surface area contributed by atoms with Crippen LogP contribution in [0.3, 0.4) is 0 Å². The molecule has 0 spiro atoms. The molecule has 2 nitrogen and oxygen atoms in total. The number of benzene rings is 1. The topological polar surface area (TPSA) is 16.1 Å².